The van der Waals surface area contributed by atoms with Gasteiger partial charge in [-0.05, 0) is 11.1 Å². The largest absolute Gasteiger partial charge is 0.326 e. The van der Waals surface area contributed by atoms with Crippen molar-refractivity contribution < 1.29 is 4.92 Å². The van der Waals surface area contributed by atoms with Crippen LogP contribution in [0.25, 0.3) is 17.3 Å². The maximum absolute atomic E-state index is 11.0. The summed E-state index contributed by atoms with van der Waals surface area (Å²) in [6.45, 7) is 4.04. The lowest BCUT2D eigenvalue weighted by Gasteiger charge is -2.00. The topological polar surface area (TPSA) is 74.1 Å². The van der Waals surface area contributed by atoms with Crippen LogP contribution in [0.5, 0.6) is 0 Å². The normalized spacial score (nSPS) is 10.3. The number of hydrogen-bond acceptors (Lipinski definition) is 3. The average Bonchev–Trinajstić information content (AvgIpc) is 2.83. The molecule has 18 heavy (non-hydrogen) atoms. The van der Waals surface area contributed by atoms with E-state index in [9.17, 15) is 10.1 Å². The number of nitro groups is 1. The van der Waals surface area contributed by atoms with Crippen LogP contribution in [-0.2, 0) is 6.54 Å². The molecule has 1 aromatic heterocycles. The molecule has 0 fully saturated rings. The Kier molecular flexibility index (Phi) is 3.25. The van der Waals surface area contributed by atoms with Crippen LogP contribution in [-0.4, -0.2) is 9.49 Å². The molecule has 0 spiro atoms. The summed E-state index contributed by atoms with van der Waals surface area (Å²) in [6, 6.07) is 7.39. The number of benzene rings is 1. The molecule has 1 aromatic carbocycles. The lowest BCUT2D eigenvalue weighted by atomic mass is 10.1. The van der Waals surface area contributed by atoms with Crippen LogP contribution in [0.1, 0.15) is 5.56 Å². The fourth-order valence-electron chi connectivity index (χ4n) is 1.76. The fraction of sp³-hybridized carbons (Fsp3) is 0.0769. The molecule has 2 N–H and O–H groups in total. The minimum absolute atomic E-state index is 0.0652. The van der Waals surface area contributed by atoms with Crippen LogP contribution >= 0.6 is 0 Å². The van der Waals surface area contributed by atoms with Crippen molar-refractivity contribution in [3.63, 3.8) is 0 Å². The molecule has 0 saturated heterocycles. The molecule has 0 atom stereocenters. The minimum Gasteiger partial charge on any atom is -0.326 e. The molecule has 1 heterocycles. The van der Waals surface area contributed by atoms with E-state index in [1.54, 1.807) is 10.8 Å². The first kappa shape index (κ1) is 12.1. The molecule has 0 aliphatic rings. The van der Waals surface area contributed by atoms with Gasteiger partial charge in [0.1, 0.15) is 0 Å². The second-order valence-electron chi connectivity index (χ2n) is 3.85. The molecule has 2 aromatic rings. The Labute approximate surface area is 104 Å². The van der Waals surface area contributed by atoms with Crippen molar-refractivity contribution in [1.29, 1.82) is 0 Å². The van der Waals surface area contributed by atoms with E-state index in [1.807, 2.05) is 24.3 Å². The number of rotatable bonds is 4. The van der Waals surface area contributed by atoms with Crippen molar-refractivity contribution in [3.8, 4) is 11.1 Å². The summed E-state index contributed by atoms with van der Waals surface area (Å²) >= 11 is 0. The van der Waals surface area contributed by atoms with E-state index < -0.39 is 4.92 Å². The molecule has 0 amide bonds. The summed E-state index contributed by atoms with van der Waals surface area (Å²) in [5.74, 6) is 0. The molecule has 0 saturated carbocycles. The Morgan fingerprint density at radius 2 is 2.00 bits per heavy atom. The van der Waals surface area contributed by atoms with Gasteiger partial charge in [-0.25, -0.2) is 0 Å². The zero-order valence-corrected chi connectivity index (χ0v) is 9.74. The highest BCUT2D eigenvalue weighted by atomic mass is 16.6. The summed E-state index contributed by atoms with van der Waals surface area (Å²) < 4.78 is 1.57. The first-order valence-corrected chi connectivity index (χ1v) is 5.43. The van der Waals surface area contributed by atoms with E-state index >= 15 is 0 Å². The average molecular weight is 243 g/mol. The number of hydrogen-bond donors (Lipinski definition) is 1. The van der Waals surface area contributed by atoms with Crippen LogP contribution in [0.3, 0.4) is 0 Å². The first-order chi connectivity index (χ1) is 8.65. The van der Waals surface area contributed by atoms with E-state index in [-0.39, 0.29) is 5.69 Å². The molecule has 2 rings (SSSR count). The summed E-state index contributed by atoms with van der Waals surface area (Å²) in [4.78, 5) is 10.6. The van der Waals surface area contributed by atoms with Gasteiger partial charge in [0.2, 0.25) is 0 Å². The monoisotopic (exact) mass is 243 g/mol. The van der Waals surface area contributed by atoms with E-state index in [2.05, 4.69) is 6.58 Å². The highest BCUT2D eigenvalue weighted by Crippen LogP contribution is 2.31. The lowest BCUT2D eigenvalue weighted by molar-refractivity contribution is -0.384. The third-order valence-electron chi connectivity index (χ3n) is 2.73. The smallest absolute Gasteiger partial charge is 0.295 e. The van der Waals surface area contributed by atoms with Crippen LogP contribution in [0.15, 0.2) is 43.2 Å². The van der Waals surface area contributed by atoms with Crippen molar-refractivity contribution in [1.82, 2.24) is 4.57 Å². The van der Waals surface area contributed by atoms with Crippen LogP contribution in [0.2, 0.25) is 0 Å². The Balaban J connectivity index is 2.51. The van der Waals surface area contributed by atoms with E-state index in [0.29, 0.717) is 12.1 Å². The van der Waals surface area contributed by atoms with E-state index in [4.69, 9.17) is 5.73 Å². The summed E-state index contributed by atoms with van der Waals surface area (Å²) in [5.41, 5.74) is 7.94. The van der Waals surface area contributed by atoms with E-state index in [0.717, 1.165) is 11.1 Å². The van der Waals surface area contributed by atoms with Gasteiger partial charge in [0, 0.05) is 18.9 Å². The molecule has 0 aliphatic heterocycles. The van der Waals surface area contributed by atoms with Crippen LogP contribution in [0, 0.1) is 10.1 Å². The zero-order chi connectivity index (χ0) is 13.1. The molecule has 0 aliphatic carbocycles. The Morgan fingerprint density at radius 3 is 2.50 bits per heavy atom. The molecule has 5 nitrogen and oxygen atoms in total. The van der Waals surface area contributed by atoms with Crippen LogP contribution in [0.4, 0.5) is 5.69 Å². The van der Waals surface area contributed by atoms with E-state index in [1.165, 1.54) is 12.4 Å². The lowest BCUT2D eigenvalue weighted by Crippen LogP contribution is -1.95. The maximum Gasteiger partial charge on any atom is 0.295 e. The second kappa shape index (κ2) is 4.85. The van der Waals surface area contributed by atoms with Crippen molar-refractivity contribution in [3.05, 3.63) is 58.9 Å². The maximum atomic E-state index is 11.0. The highest BCUT2D eigenvalue weighted by Gasteiger charge is 2.17. The SMILES string of the molecule is C=Cn1cc(-c2ccc(CN)cc2)c([N+](=O)[O-])c1. The number of nitrogens with zero attached hydrogens (tertiary/aromatic N) is 2. The molecule has 92 valence electrons. The van der Waals surface area contributed by atoms with Crippen molar-refractivity contribution in [2.24, 2.45) is 5.73 Å². The van der Waals surface area contributed by atoms with Gasteiger partial charge in [-0.15, -0.1) is 0 Å². The third kappa shape index (κ3) is 2.16. The molecular formula is C13H13N3O2. The zero-order valence-electron chi connectivity index (χ0n) is 9.74. The number of aromatic nitrogens is 1. The van der Waals surface area contributed by atoms with Gasteiger partial charge < -0.3 is 10.3 Å². The highest BCUT2D eigenvalue weighted by molar-refractivity contribution is 5.74. The van der Waals surface area contributed by atoms with Gasteiger partial charge in [-0.3, -0.25) is 10.1 Å². The van der Waals surface area contributed by atoms with Crippen molar-refractivity contribution >= 4 is 11.9 Å². The molecule has 0 radical (unpaired) electrons. The predicted octanol–water partition coefficient (Wildman–Crippen LogP) is 2.62. The number of nitrogens with two attached hydrogens (primary N) is 1. The fourth-order valence-corrected chi connectivity index (χ4v) is 1.76. The third-order valence-corrected chi connectivity index (χ3v) is 2.73. The summed E-state index contributed by atoms with van der Waals surface area (Å²) in [6.07, 6.45) is 4.65. The van der Waals surface area contributed by atoms with Gasteiger partial charge in [0.15, 0.2) is 0 Å². The predicted molar refractivity (Wildman–Crippen MR) is 70.8 cm³/mol. The minimum atomic E-state index is -0.397. The Hall–Kier alpha value is -2.40. The van der Waals surface area contributed by atoms with Crippen LogP contribution < -0.4 is 5.73 Å². The van der Waals surface area contributed by atoms with Gasteiger partial charge >= 0.3 is 0 Å². The van der Waals surface area contributed by atoms with Crippen molar-refractivity contribution in [2.75, 3.05) is 0 Å². The van der Waals surface area contributed by atoms with Gasteiger partial charge in [0.25, 0.3) is 5.69 Å². The quantitative estimate of drug-likeness (QED) is 0.662. The Morgan fingerprint density at radius 1 is 1.33 bits per heavy atom. The molecule has 5 heteroatoms. The first-order valence-electron chi connectivity index (χ1n) is 5.43. The molecule has 0 unspecified atom stereocenters. The van der Waals surface area contributed by atoms with Gasteiger partial charge in [-0.2, -0.15) is 0 Å². The van der Waals surface area contributed by atoms with Gasteiger partial charge in [0.05, 0.1) is 16.7 Å². The molecule has 0 bridgehead atoms. The summed E-state index contributed by atoms with van der Waals surface area (Å²) in [7, 11) is 0. The van der Waals surface area contributed by atoms with Crippen molar-refractivity contribution in [2.45, 2.75) is 6.54 Å². The van der Waals surface area contributed by atoms with Gasteiger partial charge in [-0.1, -0.05) is 30.8 Å². The standard InChI is InChI=1S/C13H13N3O2/c1-2-15-8-12(13(9-15)16(17)18)11-5-3-10(7-14)4-6-11/h2-6,8-9H,1,7,14H2. The molecular weight excluding hydrogens is 230 g/mol. The summed E-state index contributed by atoms with van der Waals surface area (Å²) in [5, 5.41) is 11.0. The Bertz CT molecular complexity index is 585. The second-order valence-corrected chi connectivity index (χ2v) is 3.85.